The van der Waals surface area contributed by atoms with Gasteiger partial charge in [-0.3, -0.25) is 0 Å². The summed E-state index contributed by atoms with van der Waals surface area (Å²) >= 11 is -0.508. The first-order chi connectivity index (χ1) is 21.1. The third kappa shape index (κ3) is 5.01. The molecule has 4 aromatic carbocycles. The van der Waals surface area contributed by atoms with Crippen molar-refractivity contribution in [1.82, 2.24) is 15.0 Å². The van der Waals surface area contributed by atoms with Gasteiger partial charge in [-0.2, -0.15) is 0 Å². The molecule has 45 heavy (non-hydrogen) atoms. The third-order valence-corrected chi connectivity index (χ3v) is 18.0. The molecule has 7 aromatic rings. The number of fused-ring (bicyclic) bond motifs is 5. The van der Waals surface area contributed by atoms with Gasteiger partial charge in [0.1, 0.15) is 0 Å². The second-order valence-corrected chi connectivity index (χ2v) is 30.8. The van der Waals surface area contributed by atoms with Crippen LogP contribution in [-0.2, 0) is 21.1 Å². The summed E-state index contributed by atoms with van der Waals surface area (Å²) in [6.07, 6.45) is 3.75. The van der Waals surface area contributed by atoms with E-state index < -0.39 is 21.3 Å². The second-order valence-electron chi connectivity index (χ2n) is 13.6. The number of thiazole rings is 1. The van der Waals surface area contributed by atoms with Crippen LogP contribution in [0.2, 0.25) is 36.9 Å². The van der Waals surface area contributed by atoms with E-state index in [4.69, 9.17) is 19.7 Å². The van der Waals surface area contributed by atoms with E-state index in [0.29, 0.717) is 0 Å². The van der Waals surface area contributed by atoms with E-state index in [1.165, 1.54) is 14.4 Å². The van der Waals surface area contributed by atoms with Gasteiger partial charge in [0, 0.05) is 0 Å². The Kier molecular flexibility index (Phi) is 7.44. The first-order valence-corrected chi connectivity index (χ1v) is 26.6. The molecule has 224 valence electrons. The Balaban J connectivity index is 0.00000325. The molecule has 4 nitrogen and oxygen atoms in total. The average molecular weight is 862 g/mol. The summed E-state index contributed by atoms with van der Waals surface area (Å²) in [6, 6.07) is 30.9. The van der Waals surface area contributed by atoms with Crippen molar-refractivity contribution in [3.05, 3.63) is 91.3 Å². The summed E-state index contributed by atoms with van der Waals surface area (Å²) in [5, 5.41) is 5.87. The number of hydrogen-bond donors (Lipinski definition) is 0. The molecule has 0 saturated carbocycles. The first kappa shape index (κ1) is 30.5. The van der Waals surface area contributed by atoms with Crippen LogP contribution in [0.25, 0.3) is 65.4 Å². The number of nitrogens with zero attached hydrogens (tertiary/aromatic N) is 3. The average Bonchev–Trinajstić information content (AvgIpc) is 3.47. The Hall–Kier alpha value is -3.16. The molecule has 0 spiro atoms. The molecule has 0 unspecified atom stereocenters. The maximum atomic E-state index is 6.72. The minimum absolute atomic E-state index is 0. The fourth-order valence-electron chi connectivity index (χ4n) is 6.15. The normalized spacial score (nSPS) is 12.7. The van der Waals surface area contributed by atoms with Gasteiger partial charge in [-0.25, -0.2) is 0 Å². The van der Waals surface area contributed by atoms with Crippen molar-refractivity contribution in [2.24, 2.45) is 0 Å². The van der Waals surface area contributed by atoms with E-state index >= 15 is 0 Å². The summed E-state index contributed by atoms with van der Waals surface area (Å²) in [7, 11) is -1.75. The van der Waals surface area contributed by atoms with Crippen LogP contribution in [0.1, 0.15) is 0 Å². The Labute approximate surface area is 285 Å². The molecule has 0 fully saturated rings. The molecule has 1 aliphatic rings. The molecule has 8 heteroatoms. The standard InChI is InChI=1S/C37H31GeN3OSSi.Pt/c1-38(2,3)37-41-34-27(21-28-33-32-22(16-18-40-33)11-9-15-30(32)42-35(28)36(34)43-37)24-12-10-13-25-26(24)19-23(20-31(25)44(4,5)6)29-14-7-8-17-39-29;/h7-18,20H,1-6H3;/q-2;+2. The minimum atomic E-state index is -2.30. The number of pyridine rings is 2. The van der Waals surface area contributed by atoms with Crippen LogP contribution in [0.3, 0.4) is 0 Å². The zero-order valence-corrected chi connectivity index (χ0v) is 32.2. The predicted octanol–water partition coefficient (Wildman–Crippen LogP) is 9.19. The number of benzene rings is 4. The maximum Gasteiger partial charge on any atom is 2.00 e. The number of hydrogen-bond acceptors (Lipinski definition) is 5. The molecular weight excluding hydrogens is 830 g/mol. The van der Waals surface area contributed by atoms with Crippen molar-refractivity contribution in [2.75, 3.05) is 0 Å². The summed E-state index contributed by atoms with van der Waals surface area (Å²) in [5.41, 5.74) is 6.78. The molecule has 0 bridgehead atoms. The summed E-state index contributed by atoms with van der Waals surface area (Å²) < 4.78 is 9.04. The largest absolute Gasteiger partial charge is 2.00 e. The quantitative estimate of drug-likeness (QED) is 0.131. The molecule has 0 atom stereocenters. The Morgan fingerprint density at radius 1 is 0.844 bits per heavy atom. The van der Waals surface area contributed by atoms with Crippen LogP contribution in [0.5, 0.6) is 11.5 Å². The fraction of sp³-hybridized carbons (Fsp3) is 0.162. The second kappa shape index (κ2) is 11.0. The molecule has 0 radical (unpaired) electrons. The smallest absolute Gasteiger partial charge is 2.00 e. The zero-order chi connectivity index (χ0) is 30.4. The van der Waals surface area contributed by atoms with E-state index in [2.05, 4.69) is 85.4 Å². The van der Waals surface area contributed by atoms with E-state index in [-0.39, 0.29) is 21.1 Å². The van der Waals surface area contributed by atoms with Crippen LogP contribution in [0.15, 0.2) is 79.1 Å². The van der Waals surface area contributed by atoms with Gasteiger partial charge < -0.3 is 0 Å². The van der Waals surface area contributed by atoms with Crippen LogP contribution in [0, 0.1) is 12.1 Å². The van der Waals surface area contributed by atoms with Gasteiger partial charge in [0.25, 0.3) is 0 Å². The Bertz CT molecular complexity index is 2290. The summed E-state index contributed by atoms with van der Waals surface area (Å²) in [6.45, 7) is 7.22. The van der Waals surface area contributed by atoms with Gasteiger partial charge in [0.15, 0.2) is 0 Å². The van der Waals surface area contributed by atoms with Crippen molar-refractivity contribution in [3.63, 3.8) is 0 Å². The minimum Gasteiger partial charge on any atom is 2.00 e. The topological polar surface area (TPSA) is 47.9 Å². The van der Waals surface area contributed by atoms with Gasteiger partial charge in [0.2, 0.25) is 0 Å². The molecule has 0 aliphatic carbocycles. The number of aromatic nitrogens is 3. The summed E-state index contributed by atoms with van der Waals surface area (Å²) in [5.74, 6) is 8.86. The van der Waals surface area contributed by atoms with Gasteiger partial charge >= 0.3 is 288 Å². The molecule has 0 amide bonds. The van der Waals surface area contributed by atoms with E-state index in [0.717, 1.165) is 71.5 Å². The van der Waals surface area contributed by atoms with Crippen molar-refractivity contribution in [3.8, 4) is 45.1 Å². The molecule has 3 aromatic heterocycles. The molecule has 8 rings (SSSR count). The SMILES string of the molecule is C[Si](C)(C)c1cc(-c2ccccn2)[c-]c2c(-c3[c-]c4c(c5s[c]([Ge]([CH3])([CH3])[CH3])nc35)Oc3cccc5ccnc-4c35)cccc12.[Pt+2]. The van der Waals surface area contributed by atoms with Gasteiger partial charge in [-0.1, -0.05) is 0 Å². The van der Waals surface area contributed by atoms with Gasteiger partial charge in [-0.15, -0.1) is 0 Å². The van der Waals surface area contributed by atoms with Crippen molar-refractivity contribution < 1.29 is 25.8 Å². The maximum absolute atomic E-state index is 6.72. The van der Waals surface area contributed by atoms with Crippen LogP contribution in [0.4, 0.5) is 0 Å². The first-order valence-electron chi connectivity index (χ1n) is 15.0. The molecule has 4 heterocycles. The van der Waals surface area contributed by atoms with Crippen molar-refractivity contribution in [2.45, 2.75) is 36.9 Å². The monoisotopic (exact) mass is 862 g/mol. The van der Waals surface area contributed by atoms with Gasteiger partial charge in [-0.05, 0) is 0 Å². The molecule has 0 saturated heterocycles. The molecule has 1 aliphatic heterocycles. The summed E-state index contributed by atoms with van der Waals surface area (Å²) in [4.78, 5) is 15.0. The Morgan fingerprint density at radius 2 is 1.67 bits per heavy atom. The van der Waals surface area contributed by atoms with Gasteiger partial charge in [0.05, 0.1) is 0 Å². The number of rotatable bonds is 4. The van der Waals surface area contributed by atoms with E-state index in [9.17, 15) is 0 Å². The predicted molar refractivity (Wildman–Crippen MR) is 190 cm³/mol. The van der Waals surface area contributed by atoms with E-state index in [1.54, 1.807) is 11.3 Å². The third-order valence-electron chi connectivity index (χ3n) is 8.31. The Morgan fingerprint density at radius 3 is 2.42 bits per heavy atom. The van der Waals surface area contributed by atoms with Crippen LogP contribution in [-0.4, -0.2) is 36.3 Å². The molecular formula is C37H31GeN3OPtSSi. The van der Waals surface area contributed by atoms with Crippen LogP contribution < -0.4 is 13.8 Å². The van der Waals surface area contributed by atoms with Crippen molar-refractivity contribution in [1.29, 1.82) is 0 Å². The number of ether oxygens (including phenoxy) is 1. The van der Waals surface area contributed by atoms with Crippen molar-refractivity contribution >= 4 is 73.5 Å². The zero-order valence-electron chi connectivity index (χ0n) is 26.0. The molecule has 0 N–H and O–H groups in total. The van der Waals surface area contributed by atoms with Crippen LogP contribution >= 0.6 is 11.3 Å². The van der Waals surface area contributed by atoms with E-state index in [1.807, 2.05) is 42.7 Å². The fourth-order valence-corrected chi connectivity index (χ4v) is 12.4.